The Morgan fingerprint density at radius 3 is 2.58 bits per heavy atom. The van der Waals surface area contributed by atoms with Crippen molar-refractivity contribution in [3.05, 3.63) is 34.8 Å². The van der Waals surface area contributed by atoms with Crippen molar-refractivity contribution in [3.8, 4) is 0 Å². The Hall–Kier alpha value is -2.28. The molecule has 2 heterocycles. The van der Waals surface area contributed by atoms with Crippen molar-refractivity contribution in [2.24, 2.45) is 5.41 Å². The predicted octanol–water partition coefficient (Wildman–Crippen LogP) is 3.61. The maximum atomic E-state index is 12.4. The summed E-state index contributed by atoms with van der Waals surface area (Å²) in [6.45, 7) is 8.24. The van der Waals surface area contributed by atoms with Gasteiger partial charge in [-0.2, -0.15) is 0 Å². The molecule has 1 aliphatic heterocycles. The molecule has 0 spiro atoms. The maximum absolute atomic E-state index is 12.4. The summed E-state index contributed by atoms with van der Waals surface area (Å²) in [5.74, 6) is 0.00112. The van der Waals surface area contributed by atoms with Gasteiger partial charge >= 0.3 is 0 Å². The smallest absolute Gasteiger partial charge is 0.231 e. The van der Waals surface area contributed by atoms with Crippen LogP contribution in [0.25, 0.3) is 0 Å². The van der Waals surface area contributed by atoms with E-state index in [1.807, 2.05) is 32.9 Å². The molecule has 0 saturated carbocycles. The molecule has 2 amide bonds. The van der Waals surface area contributed by atoms with Gasteiger partial charge in [-0.05, 0) is 24.1 Å². The van der Waals surface area contributed by atoms with E-state index in [1.54, 1.807) is 4.90 Å². The first-order valence-electron chi connectivity index (χ1n) is 8.82. The van der Waals surface area contributed by atoms with Crippen LogP contribution in [0, 0.1) is 5.41 Å². The van der Waals surface area contributed by atoms with Gasteiger partial charge in [-0.3, -0.25) is 9.59 Å². The van der Waals surface area contributed by atoms with E-state index in [0.29, 0.717) is 18.1 Å². The molecule has 3 rings (SSSR count). The number of nitrogens with zero attached hydrogens (tertiary/aromatic N) is 3. The molecule has 138 valence electrons. The van der Waals surface area contributed by atoms with Gasteiger partial charge < -0.3 is 10.2 Å². The van der Waals surface area contributed by atoms with Crippen molar-refractivity contribution >= 4 is 34.0 Å². The van der Waals surface area contributed by atoms with Crippen LogP contribution >= 0.6 is 11.3 Å². The predicted molar refractivity (Wildman–Crippen MR) is 104 cm³/mol. The molecule has 1 N–H and O–H groups in total. The van der Waals surface area contributed by atoms with Crippen molar-refractivity contribution < 1.29 is 9.59 Å². The first kappa shape index (κ1) is 18.5. The molecule has 26 heavy (non-hydrogen) atoms. The molecule has 6 nitrogen and oxygen atoms in total. The summed E-state index contributed by atoms with van der Waals surface area (Å²) in [6.07, 6.45) is 1.39. The van der Waals surface area contributed by atoms with E-state index in [4.69, 9.17) is 0 Å². The Bertz CT molecular complexity index is 808. The van der Waals surface area contributed by atoms with E-state index in [9.17, 15) is 9.59 Å². The molecule has 1 fully saturated rings. The van der Waals surface area contributed by atoms with E-state index in [2.05, 4.69) is 34.6 Å². The Labute approximate surface area is 157 Å². The van der Waals surface area contributed by atoms with Crippen molar-refractivity contribution in [2.75, 3.05) is 16.8 Å². The van der Waals surface area contributed by atoms with Crippen LogP contribution in [0.1, 0.15) is 50.6 Å². The van der Waals surface area contributed by atoms with E-state index in [1.165, 1.54) is 16.9 Å². The topological polar surface area (TPSA) is 75.2 Å². The fourth-order valence-electron chi connectivity index (χ4n) is 2.77. The number of amides is 2. The van der Waals surface area contributed by atoms with Crippen LogP contribution in [0.3, 0.4) is 0 Å². The second-order valence-corrected chi connectivity index (χ2v) is 8.58. The van der Waals surface area contributed by atoms with Gasteiger partial charge in [0.25, 0.3) is 0 Å². The van der Waals surface area contributed by atoms with Crippen LogP contribution in [0.4, 0.5) is 10.8 Å². The lowest BCUT2D eigenvalue weighted by Crippen LogP contribution is -2.27. The average Bonchev–Trinajstić information content (AvgIpc) is 3.21. The Kier molecular flexibility index (Phi) is 5.09. The lowest BCUT2D eigenvalue weighted by atomic mass is 9.96. The summed E-state index contributed by atoms with van der Waals surface area (Å²) in [4.78, 5) is 26.3. The summed E-state index contributed by atoms with van der Waals surface area (Å²) < 4.78 is 0. The highest BCUT2D eigenvalue weighted by Gasteiger charge is 2.34. The van der Waals surface area contributed by atoms with Crippen LogP contribution in [0.2, 0.25) is 0 Å². The quantitative estimate of drug-likeness (QED) is 0.890. The maximum Gasteiger partial charge on any atom is 0.231 e. The van der Waals surface area contributed by atoms with Crippen molar-refractivity contribution in [1.82, 2.24) is 10.2 Å². The zero-order chi connectivity index (χ0) is 18.9. The second-order valence-electron chi connectivity index (χ2n) is 7.57. The number of anilines is 2. The molecule has 1 aromatic heterocycles. The fourth-order valence-corrected chi connectivity index (χ4v) is 3.60. The van der Waals surface area contributed by atoms with Crippen LogP contribution in [-0.4, -0.2) is 28.6 Å². The molecule has 2 aromatic rings. The third-order valence-corrected chi connectivity index (χ3v) is 5.47. The number of hydrogen-bond acceptors (Lipinski definition) is 5. The molecular formula is C19H24N4O2S. The van der Waals surface area contributed by atoms with Crippen LogP contribution in [-0.2, 0) is 16.0 Å². The molecule has 1 aliphatic rings. The van der Waals surface area contributed by atoms with Crippen LogP contribution in [0.15, 0.2) is 24.3 Å². The molecule has 0 aliphatic carbocycles. The molecule has 1 unspecified atom stereocenters. The van der Waals surface area contributed by atoms with Crippen molar-refractivity contribution in [1.29, 1.82) is 0 Å². The van der Waals surface area contributed by atoms with Crippen molar-refractivity contribution in [2.45, 2.75) is 46.5 Å². The number of aryl methyl sites for hydroxylation is 1. The molecule has 1 aromatic carbocycles. The van der Waals surface area contributed by atoms with Gasteiger partial charge in [0.05, 0.1) is 0 Å². The molecule has 1 saturated heterocycles. The SMILES string of the molecule is CCc1ccc(N2CC(c3nnc(NC(=O)C(C)(C)C)s3)CC2=O)cc1. The lowest BCUT2D eigenvalue weighted by Gasteiger charge is -2.16. The minimum absolute atomic E-state index is 0.00569. The van der Waals surface area contributed by atoms with Crippen molar-refractivity contribution in [3.63, 3.8) is 0 Å². The summed E-state index contributed by atoms with van der Waals surface area (Å²) >= 11 is 1.35. The third-order valence-electron chi connectivity index (χ3n) is 4.47. The van der Waals surface area contributed by atoms with Gasteiger partial charge in [0, 0.05) is 30.0 Å². The van der Waals surface area contributed by atoms with E-state index in [-0.39, 0.29) is 17.7 Å². The number of carbonyl (C=O) groups excluding carboxylic acids is 2. The second kappa shape index (κ2) is 7.15. The molecule has 1 atom stereocenters. The summed E-state index contributed by atoms with van der Waals surface area (Å²) in [6, 6.07) is 8.10. The highest BCUT2D eigenvalue weighted by atomic mass is 32.1. The van der Waals surface area contributed by atoms with E-state index in [0.717, 1.165) is 17.1 Å². The summed E-state index contributed by atoms with van der Waals surface area (Å²) in [5.41, 5.74) is 1.68. The standard InChI is InChI=1S/C19H24N4O2S/c1-5-12-6-8-14(9-7-12)23-11-13(10-15(23)24)16-21-22-18(26-16)20-17(25)19(2,3)4/h6-9,13H,5,10-11H2,1-4H3,(H,20,22,25). The lowest BCUT2D eigenvalue weighted by molar-refractivity contribution is -0.123. The number of nitrogens with one attached hydrogen (secondary N) is 1. The van der Waals surface area contributed by atoms with Crippen LogP contribution < -0.4 is 10.2 Å². The van der Waals surface area contributed by atoms with Gasteiger partial charge in [-0.1, -0.05) is 51.2 Å². The highest BCUT2D eigenvalue weighted by molar-refractivity contribution is 7.15. The Balaban J connectivity index is 1.69. The zero-order valence-corrected chi connectivity index (χ0v) is 16.4. The third kappa shape index (κ3) is 3.93. The normalized spacial score (nSPS) is 17.6. The zero-order valence-electron chi connectivity index (χ0n) is 15.6. The number of carbonyl (C=O) groups is 2. The first-order valence-corrected chi connectivity index (χ1v) is 9.63. The molecular weight excluding hydrogens is 348 g/mol. The van der Waals surface area contributed by atoms with Crippen LogP contribution in [0.5, 0.6) is 0 Å². The summed E-state index contributed by atoms with van der Waals surface area (Å²) in [5, 5.41) is 12.3. The number of rotatable bonds is 4. The van der Waals surface area contributed by atoms with Gasteiger partial charge in [-0.15, -0.1) is 10.2 Å². The largest absolute Gasteiger partial charge is 0.312 e. The number of benzene rings is 1. The molecule has 0 bridgehead atoms. The highest BCUT2D eigenvalue weighted by Crippen LogP contribution is 2.34. The average molecular weight is 372 g/mol. The molecule has 7 heteroatoms. The minimum atomic E-state index is -0.489. The molecule has 0 radical (unpaired) electrons. The minimum Gasteiger partial charge on any atom is -0.312 e. The Morgan fingerprint density at radius 1 is 1.27 bits per heavy atom. The number of aromatic nitrogens is 2. The van der Waals surface area contributed by atoms with E-state index >= 15 is 0 Å². The van der Waals surface area contributed by atoms with Gasteiger partial charge in [-0.25, -0.2) is 0 Å². The van der Waals surface area contributed by atoms with Gasteiger partial charge in [0.15, 0.2) is 0 Å². The van der Waals surface area contributed by atoms with E-state index < -0.39 is 5.41 Å². The number of hydrogen-bond donors (Lipinski definition) is 1. The fraction of sp³-hybridized carbons (Fsp3) is 0.474. The first-order chi connectivity index (χ1) is 12.3. The Morgan fingerprint density at radius 2 is 1.96 bits per heavy atom. The van der Waals surface area contributed by atoms with Gasteiger partial charge in [0.1, 0.15) is 5.01 Å². The van der Waals surface area contributed by atoms with Gasteiger partial charge in [0.2, 0.25) is 16.9 Å². The summed E-state index contributed by atoms with van der Waals surface area (Å²) in [7, 11) is 0. The monoisotopic (exact) mass is 372 g/mol.